The molecular weight excluding hydrogens is 255 g/mol. The molecule has 0 atom stereocenters. The van der Waals surface area contributed by atoms with Gasteiger partial charge in [0.2, 0.25) is 0 Å². The van der Waals surface area contributed by atoms with Gasteiger partial charge in [-0.05, 0) is 0 Å². The second-order valence-electron chi connectivity index (χ2n) is 0.836. The van der Waals surface area contributed by atoms with Gasteiger partial charge in [0.25, 0.3) is 0 Å². The third-order valence-electron chi connectivity index (χ3n) is 0.372. The predicted octanol–water partition coefficient (Wildman–Crippen LogP) is 0.811. The van der Waals surface area contributed by atoms with Gasteiger partial charge in [0.15, 0.2) is 0 Å². The second-order valence-corrected chi connectivity index (χ2v) is 2.33. The zero-order valence-corrected chi connectivity index (χ0v) is 7.93. The van der Waals surface area contributed by atoms with Gasteiger partial charge >= 0.3 is 48.8 Å². The van der Waals surface area contributed by atoms with Crippen molar-refractivity contribution in [3.8, 4) is 0 Å². The van der Waals surface area contributed by atoms with E-state index in [1.807, 2.05) is 0 Å². The Morgan fingerprint density at radius 3 is 2.40 bits per heavy atom. The second kappa shape index (κ2) is 4.66. The van der Waals surface area contributed by atoms with E-state index in [4.69, 9.17) is 0 Å². The molecule has 0 bridgehead atoms. The molecule has 0 aliphatic rings. The van der Waals surface area contributed by atoms with E-state index in [2.05, 4.69) is 16.6 Å². The molecule has 28 valence electrons. The predicted molar refractivity (Wildman–Crippen MR) is 26.6 cm³/mol. The Hall–Kier alpha value is 0.662. The summed E-state index contributed by atoms with van der Waals surface area (Å²) in [5, 5.41) is 0. The van der Waals surface area contributed by atoms with Crippen LogP contribution in [0.3, 0.4) is 0 Å². The van der Waals surface area contributed by atoms with Crippen LogP contribution in [-0.4, -0.2) is 25.8 Å². The minimum atomic E-state index is 1.06. The van der Waals surface area contributed by atoms with Crippen molar-refractivity contribution in [2.45, 2.75) is 13.3 Å². The van der Waals surface area contributed by atoms with E-state index in [0.29, 0.717) is 0 Å². The molecule has 0 saturated carbocycles. The van der Waals surface area contributed by atoms with Gasteiger partial charge in [-0.25, -0.2) is 0 Å². The van der Waals surface area contributed by atoms with Crippen molar-refractivity contribution in [3.63, 3.8) is 0 Å². The molecule has 0 amide bonds. The maximum atomic E-state index is 2.22. The maximum absolute atomic E-state index is 2.22. The van der Waals surface area contributed by atoms with E-state index in [-0.39, 0.29) is 0 Å². The average Bonchev–Trinajstić information content (AvgIpc) is 1.41. The van der Waals surface area contributed by atoms with Crippen molar-refractivity contribution >= 4 is 25.8 Å². The summed E-state index contributed by atoms with van der Waals surface area (Å²) >= 11 is 1.06. The molecule has 0 nitrogen and oxygen atoms in total. The van der Waals surface area contributed by atoms with Crippen LogP contribution in [0.1, 0.15) is 13.3 Å². The third-order valence-corrected chi connectivity index (χ3v) is 1.43. The van der Waals surface area contributed by atoms with E-state index in [0.717, 1.165) is 25.8 Å². The molecule has 5 heavy (non-hydrogen) atoms. The topological polar surface area (TPSA) is 0 Å². The van der Waals surface area contributed by atoms with Gasteiger partial charge in [0.05, 0.1) is 0 Å². The summed E-state index contributed by atoms with van der Waals surface area (Å²) in [5.74, 6) is 0. The molecule has 0 unspecified atom stereocenters. The first-order valence-corrected chi connectivity index (χ1v) is 4.37. The van der Waals surface area contributed by atoms with Gasteiger partial charge in [-0.1, -0.05) is 0 Å². The average molecular weight is 263 g/mol. The molecule has 0 aliphatic carbocycles. The van der Waals surface area contributed by atoms with Crippen LogP contribution in [0.5, 0.6) is 0 Å². The van der Waals surface area contributed by atoms with Crippen LogP contribution in [-0.2, 0) is 0 Å². The fourth-order valence-corrected chi connectivity index (χ4v) is 1.19. The van der Waals surface area contributed by atoms with Crippen LogP contribution in [0.4, 0.5) is 0 Å². The summed E-state index contributed by atoms with van der Waals surface area (Å²) in [4.78, 5) is 0. The molecule has 0 N–H and O–H groups in total. The monoisotopic (exact) mass is 264 g/mol. The molecule has 2 radical (unpaired) electrons. The number of hydrogen-bond donors (Lipinski definition) is 0. The van der Waals surface area contributed by atoms with Crippen molar-refractivity contribution in [1.82, 2.24) is 0 Å². The molecule has 0 aliphatic heterocycles. The Morgan fingerprint density at radius 2 is 2.40 bits per heavy atom. The van der Waals surface area contributed by atoms with Crippen LogP contribution in [0.15, 0.2) is 9.71 Å². The summed E-state index contributed by atoms with van der Waals surface area (Å²) in [6.07, 6.45) is 3.40. The summed E-state index contributed by atoms with van der Waals surface area (Å²) in [5.41, 5.74) is 0. The molecule has 1 heteroatoms. The zero-order chi connectivity index (χ0) is 4.12. The summed E-state index contributed by atoms with van der Waals surface area (Å²) in [7, 11) is 0. The first-order valence-electron chi connectivity index (χ1n) is 1.78. The van der Waals surface area contributed by atoms with Crippen molar-refractivity contribution in [2.75, 3.05) is 0 Å². The van der Waals surface area contributed by atoms with Gasteiger partial charge in [0.1, 0.15) is 0 Å². The van der Waals surface area contributed by atoms with Gasteiger partial charge in [0, 0.05) is 0 Å². The molecule has 0 heterocycles. The summed E-state index contributed by atoms with van der Waals surface area (Å²) in [6, 6.07) is 0. The molecular formula is C4H8Pb. The minimum absolute atomic E-state index is 1.06. The fraction of sp³-hybridized carbons (Fsp3) is 0.500. The Labute approximate surface area is 49.0 Å². The molecule has 0 saturated heterocycles. The van der Waals surface area contributed by atoms with E-state index >= 15 is 0 Å². The summed E-state index contributed by atoms with van der Waals surface area (Å²) < 4.78 is 2.22. The van der Waals surface area contributed by atoms with Crippen molar-refractivity contribution < 1.29 is 0 Å². The van der Waals surface area contributed by atoms with Crippen LogP contribution in [0.2, 0.25) is 0 Å². The number of hydrogen-bond acceptors (Lipinski definition) is 0. The Bertz CT molecular complexity index is 30.6. The summed E-state index contributed by atoms with van der Waals surface area (Å²) in [6.45, 7) is 2.15. The van der Waals surface area contributed by atoms with Crippen LogP contribution < -0.4 is 0 Å². The van der Waals surface area contributed by atoms with Crippen molar-refractivity contribution in [2.24, 2.45) is 0 Å². The van der Waals surface area contributed by atoms with E-state index < -0.39 is 0 Å². The molecule has 0 aromatic rings. The first-order chi connectivity index (χ1) is 2.41. The van der Waals surface area contributed by atoms with Crippen LogP contribution >= 0.6 is 0 Å². The molecule has 0 spiro atoms. The SMILES string of the molecule is CCC=[CH][PbH]. The molecule has 0 rings (SSSR count). The van der Waals surface area contributed by atoms with Crippen LogP contribution in [0.25, 0.3) is 0 Å². The van der Waals surface area contributed by atoms with Gasteiger partial charge < -0.3 is 0 Å². The van der Waals surface area contributed by atoms with Crippen molar-refractivity contribution in [1.29, 1.82) is 0 Å². The van der Waals surface area contributed by atoms with E-state index in [1.165, 1.54) is 6.42 Å². The van der Waals surface area contributed by atoms with Crippen molar-refractivity contribution in [3.05, 3.63) is 9.71 Å². The first kappa shape index (κ1) is 5.66. The Morgan fingerprint density at radius 1 is 1.80 bits per heavy atom. The normalized spacial score (nSPS) is 10.0. The molecule has 0 fully saturated rings. The standard InChI is InChI=1S/C4H7.Pb.H/c1-3-4-2;;/h1,3H,4H2,2H3;;. The third kappa shape index (κ3) is 4.66. The Balaban J connectivity index is 2.62. The van der Waals surface area contributed by atoms with Gasteiger partial charge in [-0.2, -0.15) is 0 Å². The molecule has 0 aromatic heterocycles. The Kier molecular flexibility index (Phi) is 5.28. The zero-order valence-electron chi connectivity index (χ0n) is 3.44. The fourth-order valence-electron chi connectivity index (χ4n) is 0.136. The quantitative estimate of drug-likeness (QED) is 0.614. The van der Waals surface area contributed by atoms with Crippen LogP contribution in [0, 0.1) is 0 Å². The van der Waals surface area contributed by atoms with E-state index in [1.54, 1.807) is 0 Å². The number of allylic oxidation sites excluding steroid dienone is 1. The van der Waals surface area contributed by atoms with Gasteiger partial charge in [-0.3, -0.25) is 0 Å². The van der Waals surface area contributed by atoms with Gasteiger partial charge in [-0.15, -0.1) is 0 Å². The van der Waals surface area contributed by atoms with E-state index in [9.17, 15) is 0 Å². The molecule has 0 aromatic carbocycles. The number of rotatable bonds is 1.